The highest BCUT2D eigenvalue weighted by atomic mass is 32.2. The Morgan fingerprint density at radius 2 is 1.84 bits per heavy atom. The molecule has 0 aliphatic carbocycles. The number of primary amides is 1. The van der Waals surface area contributed by atoms with E-state index in [2.05, 4.69) is 4.72 Å². The first kappa shape index (κ1) is 18.8. The standard InChI is InChI=1S/C17H20N2O5S/c1-11-4-6-14(9-15(11)17(18)20)25(21,22)19-10-12-8-13(23-2)5-7-16(12)24-3/h4-9,19H,10H2,1-3H3,(H2,18,20). The van der Waals surface area contributed by atoms with Crippen molar-refractivity contribution in [3.8, 4) is 11.5 Å². The molecule has 0 heterocycles. The highest BCUT2D eigenvalue weighted by molar-refractivity contribution is 7.89. The fraction of sp³-hybridized carbons (Fsp3) is 0.235. The number of hydrogen-bond donors (Lipinski definition) is 2. The molecule has 0 aromatic heterocycles. The second-order valence-electron chi connectivity index (χ2n) is 5.34. The van der Waals surface area contributed by atoms with Crippen LogP contribution in [0.2, 0.25) is 0 Å². The number of benzene rings is 2. The average Bonchev–Trinajstić information content (AvgIpc) is 2.59. The maximum atomic E-state index is 12.5. The van der Waals surface area contributed by atoms with Crippen LogP contribution in [0.4, 0.5) is 0 Å². The van der Waals surface area contributed by atoms with Gasteiger partial charge in [-0.05, 0) is 42.8 Å². The summed E-state index contributed by atoms with van der Waals surface area (Å²) in [4.78, 5) is 11.4. The van der Waals surface area contributed by atoms with Gasteiger partial charge < -0.3 is 15.2 Å². The van der Waals surface area contributed by atoms with E-state index in [1.165, 1.54) is 26.4 Å². The topological polar surface area (TPSA) is 108 Å². The molecule has 0 bridgehead atoms. The number of carbonyl (C=O) groups excluding carboxylic acids is 1. The van der Waals surface area contributed by atoms with Crippen LogP contribution < -0.4 is 19.9 Å². The molecule has 2 aromatic carbocycles. The lowest BCUT2D eigenvalue weighted by molar-refractivity contribution is 0.0999. The number of amides is 1. The van der Waals surface area contributed by atoms with Gasteiger partial charge in [0, 0.05) is 17.7 Å². The molecule has 7 nitrogen and oxygen atoms in total. The molecule has 3 N–H and O–H groups in total. The molecule has 0 radical (unpaired) electrons. The first-order valence-electron chi connectivity index (χ1n) is 7.39. The summed E-state index contributed by atoms with van der Waals surface area (Å²) in [6, 6.07) is 9.33. The van der Waals surface area contributed by atoms with Gasteiger partial charge in [-0.2, -0.15) is 0 Å². The van der Waals surface area contributed by atoms with Crippen LogP contribution in [0.25, 0.3) is 0 Å². The van der Waals surface area contributed by atoms with E-state index in [9.17, 15) is 13.2 Å². The minimum atomic E-state index is -3.83. The maximum absolute atomic E-state index is 12.5. The molecule has 2 aromatic rings. The van der Waals surface area contributed by atoms with Crippen LogP contribution in [0, 0.1) is 6.92 Å². The Hall–Kier alpha value is -2.58. The predicted molar refractivity (Wildman–Crippen MR) is 93.3 cm³/mol. The second kappa shape index (κ2) is 7.54. The van der Waals surface area contributed by atoms with Crippen molar-refractivity contribution in [2.75, 3.05) is 14.2 Å². The van der Waals surface area contributed by atoms with Crippen LogP contribution in [0.5, 0.6) is 11.5 Å². The number of sulfonamides is 1. The summed E-state index contributed by atoms with van der Waals surface area (Å²) in [5.41, 5.74) is 6.68. The Bertz CT molecular complexity index is 894. The molecule has 0 aliphatic rings. The summed E-state index contributed by atoms with van der Waals surface area (Å²) in [7, 11) is -0.810. The van der Waals surface area contributed by atoms with Gasteiger partial charge in [-0.15, -0.1) is 0 Å². The molecular weight excluding hydrogens is 344 g/mol. The molecule has 0 spiro atoms. The molecule has 0 unspecified atom stereocenters. The molecule has 0 saturated heterocycles. The predicted octanol–water partition coefficient (Wildman–Crippen LogP) is 1.59. The van der Waals surface area contributed by atoms with E-state index in [4.69, 9.17) is 15.2 Å². The minimum Gasteiger partial charge on any atom is -0.497 e. The lowest BCUT2D eigenvalue weighted by Gasteiger charge is -2.12. The quantitative estimate of drug-likeness (QED) is 0.776. The third-order valence-corrected chi connectivity index (χ3v) is 5.12. The SMILES string of the molecule is COc1ccc(OC)c(CNS(=O)(=O)c2ccc(C)c(C(N)=O)c2)c1. The van der Waals surface area contributed by atoms with Gasteiger partial charge >= 0.3 is 0 Å². The van der Waals surface area contributed by atoms with Gasteiger partial charge in [0.05, 0.1) is 19.1 Å². The van der Waals surface area contributed by atoms with Crippen LogP contribution in [0.3, 0.4) is 0 Å². The van der Waals surface area contributed by atoms with Crippen molar-refractivity contribution in [2.45, 2.75) is 18.4 Å². The molecule has 2 rings (SSSR count). The average molecular weight is 364 g/mol. The summed E-state index contributed by atoms with van der Waals surface area (Å²) in [5.74, 6) is 0.440. The van der Waals surface area contributed by atoms with Gasteiger partial charge in [-0.25, -0.2) is 13.1 Å². The first-order chi connectivity index (χ1) is 11.8. The third kappa shape index (κ3) is 4.28. The Balaban J connectivity index is 2.28. The monoisotopic (exact) mass is 364 g/mol. The Labute approximate surface area is 146 Å². The second-order valence-corrected chi connectivity index (χ2v) is 7.11. The minimum absolute atomic E-state index is 0.00247. The Morgan fingerprint density at radius 1 is 1.12 bits per heavy atom. The zero-order chi connectivity index (χ0) is 18.6. The molecule has 0 fully saturated rings. The van der Waals surface area contributed by atoms with Crippen LogP contribution in [0.15, 0.2) is 41.3 Å². The van der Waals surface area contributed by atoms with Crippen LogP contribution in [-0.4, -0.2) is 28.5 Å². The van der Waals surface area contributed by atoms with Gasteiger partial charge in [-0.1, -0.05) is 6.07 Å². The Morgan fingerprint density at radius 3 is 2.44 bits per heavy atom. The van der Waals surface area contributed by atoms with E-state index in [1.807, 2.05) is 0 Å². The van der Waals surface area contributed by atoms with Crippen molar-refractivity contribution < 1.29 is 22.7 Å². The zero-order valence-corrected chi connectivity index (χ0v) is 15.0. The van der Waals surface area contributed by atoms with Crippen molar-refractivity contribution in [2.24, 2.45) is 5.73 Å². The van der Waals surface area contributed by atoms with Crippen molar-refractivity contribution in [1.82, 2.24) is 4.72 Å². The third-order valence-electron chi connectivity index (χ3n) is 3.73. The van der Waals surface area contributed by atoms with E-state index >= 15 is 0 Å². The van der Waals surface area contributed by atoms with Crippen molar-refractivity contribution in [3.63, 3.8) is 0 Å². The van der Waals surface area contributed by atoms with Gasteiger partial charge in [-0.3, -0.25) is 4.79 Å². The number of aryl methyl sites for hydroxylation is 1. The van der Waals surface area contributed by atoms with Crippen molar-refractivity contribution >= 4 is 15.9 Å². The van der Waals surface area contributed by atoms with E-state index < -0.39 is 15.9 Å². The summed E-state index contributed by atoms with van der Waals surface area (Å²) in [6.07, 6.45) is 0. The van der Waals surface area contributed by atoms with E-state index in [0.29, 0.717) is 22.6 Å². The highest BCUT2D eigenvalue weighted by Gasteiger charge is 2.18. The molecule has 0 aliphatic heterocycles. The number of nitrogens with one attached hydrogen (secondary N) is 1. The van der Waals surface area contributed by atoms with Crippen LogP contribution in [-0.2, 0) is 16.6 Å². The number of carbonyl (C=O) groups is 1. The van der Waals surface area contributed by atoms with E-state index in [1.54, 1.807) is 31.2 Å². The van der Waals surface area contributed by atoms with E-state index in [-0.39, 0.29) is 17.0 Å². The molecule has 8 heteroatoms. The number of ether oxygens (including phenoxy) is 2. The smallest absolute Gasteiger partial charge is 0.249 e. The highest BCUT2D eigenvalue weighted by Crippen LogP contribution is 2.24. The van der Waals surface area contributed by atoms with Crippen LogP contribution in [0.1, 0.15) is 21.5 Å². The number of rotatable bonds is 7. The summed E-state index contributed by atoms with van der Waals surface area (Å²) in [5, 5.41) is 0. The Kier molecular flexibility index (Phi) is 5.66. The number of methoxy groups -OCH3 is 2. The first-order valence-corrected chi connectivity index (χ1v) is 8.88. The maximum Gasteiger partial charge on any atom is 0.249 e. The van der Waals surface area contributed by atoms with Crippen LogP contribution >= 0.6 is 0 Å². The van der Waals surface area contributed by atoms with Gasteiger partial charge in [0.15, 0.2) is 0 Å². The molecule has 0 atom stereocenters. The summed E-state index contributed by atoms with van der Waals surface area (Å²) < 4.78 is 37.9. The van der Waals surface area contributed by atoms with Gasteiger partial charge in [0.2, 0.25) is 15.9 Å². The fourth-order valence-corrected chi connectivity index (χ4v) is 3.34. The van der Waals surface area contributed by atoms with Crippen molar-refractivity contribution in [3.05, 3.63) is 53.1 Å². The van der Waals surface area contributed by atoms with Crippen molar-refractivity contribution in [1.29, 1.82) is 0 Å². The van der Waals surface area contributed by atoms with Gasteiger partial charge in [0.25, 0.3) is 0 Å². The van der Waals surface area contributed by atoms with E-state index in [0.717, 1.165) is 0 Å². The lowest BCUT2D eigenvalue weighted by atomic mass is 10.1. The fourth-order valence-electron chi connectivity index (χ4n) is 2.31. The lowest BCUT2D eigenvalue weighted by Crippen LogP contribution is -2.24. The molecular formula is C17H20N2O5S. The molecule has 25 heavy (non-hydrogen) atoms. The normalized spacial score (nSPS) is 11.2. The number of hydrogen-bond acceptors (Lipinski definition) is 5. The van der Waals surface area contributed by atoms with Gasteiger partial charge in [0.1, 0.15) is 11.5 Å². The summed E-state index contributed by atoms with van der Waals surface area (Å²) >= 11 is 0. The number of nitrogens with two attached hydrogens (primary N) is 1. The largest absolute Gasteiger partial charge is 0.497 e. The molecule has 1 amide bonds. The summed E-state index contributed by atoms with van der Waals surface area (Å²) in [6.45, 7) is 1.69. The zero-order valence-electron chi connectivity index (χ0n) is 14.2. The molecule has 134 valence electrons. The molecule has 0 saturated carbocycles.